The van der Waals surface area contributed by atoms with E-state index in [0.717, 1.165) is 19.3 Å². The lowest BCUT2D eigenvalue weighted by Gasteiger charge is -2.18. The Kier molecular flexibility index (Phi) is 4.54. The molecule has 16 heavy (non-hydrogen) atoms. The van der Waals surface area contributed by atoms with Gasteiger partial charge in [0.25, 0.3) is 0 Å². The maximum atomic E-state index is 8.69. The summed E-state index contributed by atoms with van der Waals surface area (Å²) < 4.78 is 0. The molecule has 0 saturated carbocycles. The van der Waals surface area contributed by atoms with Crippen molar-refractivity contribution in [3.63, 3.8) is 0 Å². The fourth-order valence-corrected chi connectivity index (χ4v) is 1.88. The maximum absolute atomic E-state index is 8.69. The van der Waals surface area contributed by atoms with Crippen molar-refractivity contribution in [1.82, 2.24) is 0 Å². The number of nitrogens with two attached hydrogens (primary N) is 1. The van der Waals surface area contributed by atoms with Crippen LogP contribution in [0.4, 0.5) is 0 Å². The second kappa shape index (κ2) is 5.69. The van der Waals surface area contributed by atoms with E-state index in [0.29, 0.717) is 11.6 Å². The molecule has 2 rings (SSSR count). The van der Waals surface area contributed by atoms with Gasteiger partial charge in [0, 0.05) is 6.04 Å². The largest absolute Gasteiger partial charge is 0.327 e. The number of nitrogens with zero attached hydrogens (tertiary/aromatic N) is 1. The van der Waals surface area contributed by atoms with E-state index < -0.39 is 0 Å². The van der Waals surface area contributed by atoms with Gasteiger partial charge in [-0.25, -0.2) is 0 Å². The van der Waals surface area contributed by atoms with Crippen LogP contribution in [-0.4, -0.2) is 6.04 Å². The summed E-state index contributed by atoms with van der Waals surface area (Å²) in [7, 11) is 0. The molecule has 1 aliphatic rings. The highest BCUT2D eigenvalue weighted by atomic mass is 35.5. The molecule has 2 nitrogen and oxygen atoms in total. The highest BCUT2D eigenvalue weighted by molar-refractivity contribution is 5.85. The van der Waals surface area contributed by atoms with Gasteiger partial charge >= 0.3 is 0 Å². The van der Waals surface area contributed by atoms with E-state index in [1.54, 1.807) is 0 Å². The number of allylic oxidation sites excluding steroid dienone is 1. The molecule has 3 heteroatoms. The Morgan fingerprint density at radius 3 is 2.44 bits per heavy atom. The fourth-order valence-electron chi connectivity index (χ4n) is 1.88. The average Bonchev–Trinajstić information content (AvgIpc) is 2.30. The second-order valence-electron chi connectivity index (χ2n) is 3.95. The third kappa shape index (κ3) is 2.85. The van der Waals surface area contributed by atoms with Gasteiger partial charge in [0.15, 0.2) is 0 Å². The zero-order valence-electron chi connectivity index (χ0n) is 9.02. The first-order valence-corrected chi connectivity index (χ1v) is 5.25. The quantitative estimate of drug-likeness (QED) is 0.812. The lowest BCUT2D eigenvalue weighted by Crippen LogP contribution is -2.21. The van der Waals surface area contributed by atoms with Gasteiger partial charge in [-0.3, -0.25) is 0 Å². The summed E-state index contributed by atoms with van der Waals surface area (Å²) in [6, 6.07) is 10.2. The normalized spacial score (nSPS) is 19.2. The number of hydrogen-bond donors (Lipinski definition) is 1. The lowest BCUT2D eigenvalue weighted by atomic mass is 9.91. The molecule has 0 bridgehead atoms. The number of nitriles is 1. The van der Waals surface area contributed by atoms with Crippen LogP contribution in [0.25, 0.3) is 5.57 Å². The molecule has 0 spiro atoms. The minimum atomic E-state index is 0. The molecule has 1 unspecified atom stereocenters. The lowest BCUT2D eigenvalue weighted by molar-refractivity contribution is 0.614. The van der Waals surface area contributed by atoms with Crippen LogP contribution in [0.5, 0.6) is 0 Å². The SMILES string of the molecule is Cl.N#Cc1ccc(C2=CCC(N)CC2)cc1. The first-order valence-electron chi connectivity index (χ1n) is 5.25. The molecule has 0 heterocycles. The Morgan fingerprint density at radius 2 is 1.94 bits per heavy atom. The van der Waals surface area contributed by atoms with Crippen molar-refractivity contribution in [2.24, 2.45) is 5.73 Å². The molecule has 0 fully saturated rings. The molecule has 0 saturated heterocycles. The van der Waals surface area contributed by atoms with Crippen LogP contribution in [0, 0.1) is 11.3 Å². The topological polar surface area (TPSA) is 49.8 Å². The molecule has 1 aliphatic carbocycles. The predicted molar refractivity (Wildman–Crippen MR) is 68.2 cm³/mol. The van der Waals surface area contributed by atoms with E-state index in [2.05, 4.69) is 12.1 Å². The summed E-state index contributed by atoms with van der Waals surface area (Å²) in [5, 5.41) is 8.69. The van der Waals surface area contributed by atoms with Crippen molar-refractivity contribution in [2.45, 2.75) is 25.3 Å². The van der Waals surface area contributed by atoms with Crippen molar-refractivity contribution in [1.29, 1.82) is 5.26 Å². The van der Waals surface area contributed by atoms with Crippen LogP contribution in [0.1, 0.15) is 30.4 Å². The smallest absolute Gasteiger partial charge is 0.0991 e. The molecule has 84 valence electrons. The van der Waals surface area contributed by atoms with Crippen LogP contribution >= 0.6 is 12.4 Å². The van der Waals surface area contributed by atoms with Crippen LogP contribution in [-0.2, 0) is 0 Å². The van der Waals surface area contributed by atoms with Crippen molar-refractivity contribution >= 4 is 18.0 Å². The molecule has 1 aromatic rings. The number of benzene rings is 1. The van der Waals surface area contributed by atoms with Crippen molar-refractivity contribution in [3.8, 4) is 6.07 Å². The molecule has 1 aromatic carbocycles. The summed E-state index contributed by atoms with van der Waals surface area (Å²) in [5.74, 6) is 0. The van der Waals surface area contributed by atoms with Crippen molar-refractivity contribution in [2.75, 3.05) is 0 Å². The van der Waals surface area contributed by atoms with Gasteiger partial charge in [-0.05, 0) is 42.5 Å². The van der Waals surface area contributed by atoms with Crippen LogP contribution in [0.2, 0.25) is 0 Å². The van der Waals surface area contributed by atoms with E-state index in [9.17, 15) is 0 Å². The number of hydrogen-bond acceptors (Lipinski definition) is 2. The second-order valence-corrected chi connectivity index (χ2v) is 3.95. The molecular weight excluding hydrogens is 220 g/mol. The Balaban J connectivity index is 0.00000128. The van der Waals surface area contributed by atoms with E-state index in [4.69, 9.17) is 11.0 Å². The van der Waals surface area contributed by atoms with E-state index >= 15 is 0 Å². The number of rotatable bonds is 1. The van der Waals surface area contributed by atoms with Gasteiger partial charge in [-0.1, -0.05) is 18.2 Å². The van der Waals surface area contributed by atoms with Crippen molar-refractivity contribution < 1.29 is 0 Å². The summed E-state index contributed by atoms with van der Waals surface area (Å²) in [6.07, 6.45) is 5.30. The molecule has 2 N–H and O–H groups in total. The van der Waals surface area contributed by atoms with Gasteiger partial charge < -0.3 is 5.73 Å². The first-order chi connectivity index (χ1) is 7.29. The first kappa shape index (κ1) is 12.8. The van der Waals surface area contributed by atoms with Gasteiger partial charge in [0.05, 0.1) is 11.6 Å². The standard InChI is InChI=1S/C13H14N2.ClH/c14-9-10-1-3-11(4-2-10)12-5-7-13(15)8-6-12;/h1-5,13H,6-8,15H2;1H. The van der Waals surface area contributed by atoms with Crippen LogP contribution in [0.15, 0.2) is 30.3 Å². The number of halogens is 1. The molecular formula is C13H15ClN2. The van der Waals surface area contributed by atoms with Gasteiger partial charge in [0.2, 0.25) is 0 Å². The predicted octanol–water partition coefficient (Wildman–Crippen LogP) is 2.87. The van der Waals surface area contributed by atoms with E-state index in [1.807, 2.05) is 24.3 Å². The minimum absolute atomic E-state index is 0. The summed E-state index contributed by atoms with van der Waals surface area (Å²) >= 11 is 0. The Morgan fingerprint density at radius 1 is 1.25 bits per heavy atom. The maximum Gasteiger partial charge on any atom is 0.0991 e. The minimum Gasteiger partial charge on any atom is -0.327 e. The molecule has 0 aliphatic heterocycles. The summed E-state index contributed by atoms with van der Waals surface area (Å²) in [4.78, 5) is 0. The summed E-state index contributed by atoms with van der Waals surface area (Å²) in [6.45, 7) is 0. The average molecular weight is 235 g/mol. The van der Waals surface area contributed by atoms with Gasteiger partial charge in [0.1, 0.15) is 0 Å². The molecule has 0 amide bonds. The third-order valence-electron chi connectivity index (χ3n) is 2.84. The van der Waals surface area contributed by atoms with Crippen LogP contribution < -0.4 is 5.73 Å². The highest BCUT2D eigenvalue weighted by Gasteiger charge is 2.11. The van der Waals surface area contributed by atoms with E-state index in [-0.39, 0.29) is 12.4 Å². The molecule has 0 radical (unpaired) electrons. The fraction of sp³-hybridized carbons (Fsp3) is 0.308. The zero-order valence-corrected chi connectivity index (χ0v) is 9.83. The summed E-state index contributed by atoms with van der Waals surface area (Å²) in [5.41, 5.74) is 9.13. The Hall–Kier alpha value is -1.30. The van der Waals surface area contributed by atoms with Crippen LogP contribution in [0.3, 0.4) is 0 Å². The monoisotopic (exact) mass is 234 g/mol. The Bertz CT molecular complexity index is 415. The zero-order chi connectivity index (χ0) is 10.7. The van der Waals surface area contributed by atoms with Crippen molar-refractivity contribution in [3.05, 3.63) is 41.5 Å². The third-order valence-corrected chi connectivity index (χ3v) is 2.84. The Labute approximate surface area is 102 Å². The molecule has 1 atom stereocenters. The molecule has 0 aromatic heterocycles. The highest BCUT2D eigenvalue weighted by Crippen LogP contribution is 2.26. The van der Waals surface area contributed by atoms with Gasteiger partial charge in [-0.15, -0.1) is 12.4 Å². The van der Waals surface area contributed by atoms with E-state index in [1.165, 1.54) is 11.1 Å². The van der Waals surface area contributed by atoms with Gasteiger partial charge in [-0.2, -0.15) is 5.26 Å².